The lowest BCUT2D eigenvalue weighted by Gasteiger charge is -2.24. The van der Waals surface area contributed by atoms with Crippen molar-refractivity contribution in [2.24, 2.45) is 0 Å². The highest BCUT2D eigenvalue weighted by molar-refractivity contribution is 5.90. The van der Waals surface area contributed by atoms with Crippen molar-refractivity contribution in [3.05, 3.63) is 24.8 Å². The van der Waals surface area contributed by atoms with Crippen LogP contribution in [0.5, 0.6) is 0 Å². The first-order chi connectivity index (χ1) is 6.78. The van der Waals surface area contributed by atoms with Gasteiger partial charge in [0.05, 0.1) is 5.57 Å². The molecule has 0 heterocycles. The Bertz CT molecular complexity index is 289. The predicted octanol–water partition coefficient (Wildman–Crippen LogP) is 1.92. The molecule has 0 aliphatic carbocycles. The minimum atomic E-state index is -0.915. The van der Waals surface area contributed by atoms with E-state index in [-0.39, 0.29) is 18.4 Å². The number of carbonyl (C=O) groups is 2. The van der Waals surface area contributed by atoms with Crippen LogP contribution in [0.1, 0.15) is 26.7 Å². The summed E-state index contributed by atoms with van der Waals surface area (Å²) in [6, 6.07) is 0. The van der Waals surface area contributed by atoms with Gasteiger partial charge in [0.1, 0.15) is 5.60 Å². The number of esters is 1. The van der Waals surface area contributed by atoms with Gasteiger partial charge in [0.15, 0.2) is 0 Å². The van der Waals surface area contributed by atoms with Gasteiger partial charge in [0, 0.05) is 6.42 Å². The Morgan fingerprint density at radius 1 is 1.47 bits per heavy atom. The lowest BCUT2D eigenvalue weighted by atomic mass is 10.0. The zero-order valence-corrected chi connectivity index (χ0v) is 9.08. The van der Waals surface area contributed by atoms with Crippen LogP contribution in [0.2, 0.25) is 0 Å². The Balaban J connectivity index is 4.24. The molecule has 0 bridgehead atoms. The van der Waals surface area contributed by atoms with E-state index in [9.17, 15) is 9.59 Å². The van der Waals surface area contributed by atoms with Gasteiger partial charge in [-0.05, 0) is 20.3 Å². The molecule has 0 aliphatic heterocycles. The fourth-order valence-corrected chi connectivity index (χ4v) is 0.859. The lowest BCUT2D eigenvalue weighted by molar-refractivity contribution is -0.154. The van der Waals surface area contributed by atoms with Crippen LogP contribution in [0.4, 0.5) is 0 Å². The third kappa shape index (κ3) is 5.67. The van der Waals surface area contributed by atoms with Crippen molar-refractivity contribution >= 4 is 11.9 Å². The first-order valence-electron chi connectivity index (χ1n) is 4.55. The van der Waals surface area contributed by atoms with E-state index in [0.717, 1.165) is 0 Å². The first-order valence-corrected chi connectivity index (χ1v) is 4.55. The Labute approximate surface area is 89.2 Å². The number of carbonyl (C=O) groups excluding carboxylic acids is 1. The lowest BCUT2D eigenvalue weighted by Crippen LogP contribution is -2.29. The molecule has 0 spiro atoms. The molecule has 0 amide bonds. The van der Waals surface area contributed by atoms with Gasteiger partial charge >= 0.3 is 11.9 Å². The number of rotatable bonds is 6. The summed E-state index contributed by atoms with van der Waals surface area (Å²) < 4.78 is 5.07. The van der Waals surface area contributed by atoms with Crippen LogP contribution in [-0.2, 0) is 14.3 Å². The summed E-state index contributed by atoms with van der Waals surface area (Å²) in [4.78, 5) is 21.6. The Hall–Kier alpha value is -1.58. The van der Waals surface area contributed by atoms with Gasteiger partial charge in [-0.1, -0.05) is 19.2 Å². The average molecular weight is 212 g/mol. The molecular weight excluding hydrogens is 196 g/mol. The number of carboxylic acids is 1. The molecule has 0 rings (SSSR count). The van der Waals surface area contributed by atoms with E-state index in [1.807, 2.05) is 0 Å². The smallest absolute Gasteiger partial charge is 0.338 e. The topological polar surface area (TPSA) is 63.6 Å². The third-order valence-electron chi connectivity index (χ3n) is 1.82. The third-order valence-corrected chi connectivity index (χ3v) is 1.82. The van der Waals surface area contributed by atoms with Gasteiger partial charge < -0.3 is 9.84 Å². The van der Waals surface area contributed by atoms with Gasteiger partial charge in [0.2, 0.25) is 0 Å². The Morgan fingerprint density at radius 2 is 2.00 bits per heavy atom. The first kappa shape index (κ1) is 13.4. The van der Waals surface area contributed by atoms with Gasteiger partial charge in [0.25, 0.3) is 0 Å². The zero-order chi connectivity index (χ0) is 12.1. The van der Waals surface area contributed by atoms with Crippen LogP contribution in [0.25, 0.3) is 0 Å². The molecule has 0 aromatic carbocycles. The molecule has 0 saturated carbocycles. The highest BCUT2D eigenvalue weighted by Crippen LogP contribution is 2.18. The average Bonchev–Trinajstić information content (AvgIpc) is 2.13. The van der Waals surface area contributed by atoms with E-state index >= 15 is 0 Å². The molecule has 0 fully saturated rings. The SMILES string of the molecule is C=CC(=C)C(=O)OC(C)(C)CCC(=O)O. The molecule has 0 aromatic heterocycles. The highest BCUT2D eigenvalue weighted by Gasteiger charge is 2.24. The van der Waals surface area contributed by atoms with Crippen LogP contribution in [-0.4, -0.2) is 22.6 Å². The van der Waals surface area contributed by atoms with E-state index in [1.54, 1.807) is 13.8 Å². The predicted molar refractivity (Wildman–Crippen MR) is 56.4 cm³/mol. The van der Waals surface area contributed by atoms with Crippen molar-refractivity contribution in [2.75, 3.05) is 0 Å². The Kier molecular flexibility index (Phi) is 4.78. The van der Waals surface area contributed by atoms with E-state index in [0.29, 0.717) is 0 Å². The molecule has 0 atom stereocenters. The molecule has 0 radical (unpaired) electrons. The van der Waals surface area contributed by atoms with Gasteiger partial charge in [-0.15, -0.1) is 0 Å². The van der Waals surface area contributed by atoms with E-state index in [2.05, 4.69) is 13.2 Å². The van der Waals surface area contributed by atoms with Crippen LogP contribution in [0.3, 0.4) is 0 Å². The second kappa shape index (κ2) is 5.34. The standard InChI is InChI=1S/C11H16O4/c1-5-8(2)10(14)15-11(3,4)7-6-9(12)13/h5H,1-2,6-7H2,3-4H3,(H,12,13). The second-order valence-corrected chi connectivity index (χ2v) is 3.77. The van der Waals surface area contributed by atoms with Crippen molar-refractivity contribution in [1.82, 2.24) is 0 Å². The van der Waals surface area contributed by atoms with E-state index < -0.39 is 17.5 Å². The molecule has 4 nitrogen and oxygen atoms in total. The number of hydrogen-bond acceptors (Lipinski definition) is 3. The van der Waals surface area contributed by atoms with Crippen molar-refractivity contribution in [3.63, 3.8) is 0 Å². The minimum absolute atomic E-state index is 0.0408. The quantitative estimate of drug-likeness (QED) is 0.415. The summed E-state index contributed by atoms with van der Waals surface area (Å²) in [6.07, 6.45) is 1.52. The summed E-state index contributed by atoms with van der Waals surface area (Å²) in [6.45, 7) is 10.1. The van der Waals surface area contributed by atoms with Gasteiger partial charge in [-0.25, -0.2) is 4.79 Å². The summed E-state index contributed by atoms with van der Waals surface area (Å²) in [5.41, 5.74) is -0.639. The van der Waals surface area contributed by atoms with Crippen molar-refractivity contribution in [1.29, 1.82) is 0 Å². The van der Waals surface area contributed by atoms with Crippen LogP contribution < -0.4 is 0 Å². The molecule has 0 unspecified atom stereocenters. The molecule has 0 aliphatic rings. The fourth-order valence-electron chi connectivity index (χ4n) is 0.859. The fraction of sp³-hybridized carbons (Fsp3) is 0.455. The summed E-state index contributed by atoms with van der Waals surface area (Å²) in [5, 5.41) is 8.49. The van der Waals surface area contributed by atoms with Crippen molar-refractivity contribution in [3.8, 4) is 0 Å². The maximum Gasteiger partial charge on any atom is 0.338 e. The molecule has 0 saturated heterocycles. The Morgan fingerprint density at radius 3 is 2.40 bits per heavy atom. The maximum atomic E-state index is 11.3. The number of ether oxygens (including phenoxy) is 1. The molecular formula is C11H16O4. The number of hydrogen-bond donors (Lipinski definition) is 1. The minimum Gasteiger partial charge on any atom is -0.481 e. The molecule has 15 heavy (non-hydrogen) atoms. The molecule has 0 aromatic rings. The zero-order valence-electron chi connectivity index (χ0n) is 9.08. The van der Waals surface area contributed by atoms with Crippen LogP contribution >= 0.6 is 0 Å². The van der Waals surface area contributed by atoms with Crippen LogP contribution in [0.15, 0.2) is 24.8 Å². The number of carboxylic acid groups (broad SMARTS) is 1. The maximum absolute atomic E-state index is 11.3. The van der Waals surface area contributed by atoms with Crippen molar-refractivity contribution < 1.29 is 19.4 Å². The summed E-state index contributed by atoms with van der Waals surface area (Å²) >= 11 is 0. The van der Waals surface area contributed by atoms with Crippen molar-refractivity contribution in [2.45, 2.75) is 32.3 Å². The van der Waals surface area contributed by atoms with E-state index in [1.165, 1.54) is 6.08 Å². The largest absolute Gasteiger partial charge is 0.481 e. The molecule has 84 valence electrons. The molecule has 4 heteroatoms. The van der Waals surface area contributed by atoms with Gasteiger partial charge in [-0.2, -0.15) is 0 Å². The van der Waals surface area contributed by atoms with E-state index in [4.69, 9.17) is 9.84 Å². The van der Waals surface area contributed by atoms with Gasteiger partial charge in [-0.3, -0.25) is 4.79 Å². The summed E-state index contributed by atoms with van der Waals surface area (Å²) in [7, 11) is 0. The second-order valence-electron chi connectivity index (χ2n) is 3.77. The van der Waals surface area contributed by atoms with Crippen LogP contribution in [0, 0.1) is 0 Å². The normalized spacial score (nSPS) is 10.5. The summed E-state index contributed by atoms with van der Waals surface area (Å²) in [5.74, 6) is -1.48. The highest BCUT2D eigenvalue weighted by atomic mass is 16.6. The monoisotopic (exact) mass is 212 g/mol. The number of aliphatic carboxylic acids is 1. The molecule has 1 N–H and O–H groups in total.